The molecule has 1 aromatic carbocycles. The molecule has 21 heavy (non-hydrogen) atoms. The van der Waals surface area contributed by atoms with Gasteiger partial charge in [0.2, 0.25) is 0 Å². The van der Waals surface area contributed by atoms with Gasteiger partial charge in [-0.2, -0.15) is 0 Å². The van der Waals surface area contributed by atoms with E-state index in [-0.39, 0.29) is 0 Å². The van der Waals surface area contributed by atoms with Crippen molar-refractivity contribution in [2.24, 2.45) is 5.92 Å². The fourth-order valence-corrected chi connectivity index (χ4v) is 2.77. The molecule has 1 N–H and O–H groups in total. The van der Waals surface area contributed by atoms with Crippen molar-refractivity contribution in [1.29, 1.82) is 0 Å². The first-order valence-electron chi connectivity index (χ1n) is 8.02. The summed E-state index contributed by atoms with van der Waals surface area (Å²) in [5.74, 6) is 0.699. The zero-order valence-electron chi connectivity index (χ0n) is 13.5. The number of rotatable bonds is 6. The summed E-state index contributed by atoms with van der Waals surface area (Å²) in [6.07, 6.45) is 0. The van der Waals surface area contributed by atoms with Crippen LogP contribution in [-0.2, 0) is 0 Å². The lowest BCUT2D eigenvalue weighted by atomic mass is 10.1. The van der Waals surface area contributed by atoms with E-state index in [0.29, 0.717) is 12.0 Å². The molecule has 1 aliphatic rings. The first-order chi connectivity index (χ1) is 10.1. The van der Waals surface area contributed by atoms with Crippen LogP contribution in [-0.4, -0.2) is 50.2 Å². The van der Waals surface area contributed by atoms with Crippen LogP contribution < -0.4 is 10.2 Å². The maximum Gasteiger partial charge on any atom is 0.0426 e. The van der Waals surface area contributed by atoms with Crippen molar-refractivity contribution in [2.45, 2.75) is 26.8 Å². The molecule has 4 heteroatoms. The summed E-state index contributed by atoms with van der Waals surface area (Å²) >= 11 is 6.07. The Hall–Kier alpha value is -0.770. The SMILES string of the molecule is CC(C)C(C)NCCN1CCN(c2cccc(Cl)c2)CC1. The van der Waals surface area contributed by atoms with Crippen molar-refractivity contribution >= 4 is 17.3 Å². The maximum absolute atomic E-state index is 6.07. The smallest absolute Gasteiger partial charge is 0.0426 e. The van der Waals surface area contributed by atoms with Crippen molar-refractivity contribution in [1.82, 2.24) is 10.2 Å². The molecule has 1 atom stereocenters. The lowest BCUT2D eigenvalue weighted by Gasteiger charge is -2.36. The van der Waals surface area contributed by atoms with Crippen LogP contribution >= 0.6 is 11.6 Å². The van der Waals surface area contributed by atoms with Gasteiger partial charge in [0.25, 0.3) is 0 Å². The Labute approximate surface area is 134 Å². The Balaban J connectivity index is 1.71. The van der Waals surface area contributed by atoms with E-state index >= 15 is 0 Å². The summed E-state index contributed by atoms with van der Waals surface area (Å²) in [6, 6.07) is 8.76. The predicted octanol–water partition coefficient (Wildman–Crippen LogP) is 3.10. The van der Waals surface area contributed by atoms with Crippen LogP contribution in [0.15, 0.2) is 24.3 Å². The first-order valence-corrected chi connectivity index (χ1v) is 8.40. The van der Waals surface area contributed by atoms with Gasteiger partial charge in [-0.25, -0.2) is 0 Å². The fraction of sp³-hybridized carbons (Fsp3) is 0.647. The number of piperazine rings is 1. The number of nitrogens with one attached hydrogen (secondary N) is 1. The molecule has 118 valence electrons. The average molecular weight is 310 g/mol. The molecule has 1 unspecified atom stereocenters. The summed E-state index contributed by atoms with van der Waals surface area (Å²) in [6.45, 7) is 13.4. The van der Waals surface area contributed by atoms with Crippen LogP contribution in [0.4, 0.5) is 5.69 Å². The summed E-state index contributed by atoms with van der Waals surface area (Å²) in [5, 5.41) is 4.43. The third-order valence-electron chi connectivity index (χ3n) is 4.44. The zero-order valence-corrected chi connectivity index (χ0v) is 14.2. The molecule has 0 aliphatic carbocycles. The number of nitrogens with zero attached hydrogens (tertiary/aromatic N) is 2. The molecule has 0 saturated carbocycles. The second-order valence-electron chi connectivity index (χ2n) is 6.30. The quantitative estimate of drug-likeness (QED) is 0.871. The van der Waals surface area contributed by atoms with Crippen molar-refractivity contribution in [2.75, 3.05) is 44.2 Å². The fourth-order valence-electron chi connectivity index (χ4n) is 2.59. The lowest BCUT2D eigenvalue weighted by Crippen LogP contribution is -2.48. The standard InChI is InChI=1S/C17H28ClN3/c1-14(2)15(3)19-7-8-20-9-11-21(12-10-20)17-6-4-5-16(18)13-17/h4-6,13-15,19H,7-12H2,1-3H3. The van der Waals surface area contributed by atoms with Gasteiger partial charge in [0.1, 0.15) is 0 Å². The molecular weight excluding hydrogens is 282 g/mol. The third kappa shape index (κ3) is 5.17. The molecule has 0 radical (unpaired) electrons. The van der Waals surface area contributed by atoms with E-state index < -0.39 is 0 Å². The largest absolute Gasteiger partial charge is 0.369 e. The normalized spacial score (nSPS) is 18.2. The van der Waals surface area contributed by atoms with Gasteiger partial charge in [0.15, 0.2) is 0 Å². The van der Waals surface area contributed by atoms with E-state index in [9.17, 15) is 0 Å². The van der Waals surface area contributed by atoms with Gasteiger partial charge in [-0.15, -0.1) is 0 Å². The number of hydrogen-bond acceptors (Lipinski definition) is 3. The van der Waals surface area contributed by atoms with E-state index in [2.05, 4.69) is 48.0 Å². The second-order valence-corrected chi connectivity index (χ2v) is 6.73. The van der Waals surface area contributed by atoms with E-state index in [1.54, 1.807) is 0 Å². The molecule has 0 aromatic heterocycles. The third-order valence-corrected chi connectivity index (χ3v) is 4.68. The Morgan fingerprint density at radius 2 is 1.86 bits per heavy atom. The Morgan fingerprint density at radius 3 is 2.48 bits per heavy atom. The Bertz CT molecular complexity index is 428. The highest BCUT2D eigenvalue weighted by atomic mass is 35.5. The minimum atomic E-state index is 0.595. The molecule has 1 fully saturated rings. The van der Waals surface area contributed by atoms with Gasteiger partial charge >= 0.3 is 0 Å². The van der Waals surface area contributed by atoms with E-state index in [4.69, 9.17) is 11.6 Å². The molecule has 0 amide bonds. The minimum Gasteiger partial charge on any atom is -0.369 e. The van der Waals surface area contributed by atoms with Gasteiger partial charge in [-0.05, 0) is 31.0 Å². The van der Waals surface area contributed by atoms with Crippen LogP contribution in [0.25, 0.3) is 0 Å². The van der Waals surface area contributed by atoms with E-state index in [1.165, 1.54) is 5.69 Å². The van der Waals surface area contributed by atoms with Crippen molar-refractivity contribution in [3.63, 3.8) is 0 Å². The molecule has 0 bridgehead atoms. The predicted molar refractivity (Wildman–Crippen MR) is 92.4 cm³/mol. The molecular formula is C17H28ClN3. The van der Waals surface area contributed by atoms with E-state index in [0.717, 1.165) is 44.3 Å². The highest BCUT2D eigenvalue weighted by molar-refractivity contribution is 6.30. The molecule has 1 saturated heterocycles. The van der Waals surface area contributed by atoms with Crippen molar-refractivity contribution in [3.8, 4) is 0 Å². The molecule has 1 heterocycles. The van der Waals surface area contributed by atoms with Gasteiger partial charge in [-0.1, -0.05) is 31.5 Å². The molecule has 0 spiro atoms. The van der Waals surface area contributed by atoms with Gasteiger partial charge in [0, 0.05) is 56.0 Å². The van der Waals surface area contributed by atoms with Crippen LogP contribution in [0.2, 0.25) is 5.02 Å². The first kappa shape index (κ1) is 16.6. The summed E-state index contributed by atoms with van der Waals surface area (Å²) < 4.78 is 0. The Morgan fingerprint density at radius 1 is 1.14 bits per heavy atom. The zero-order chi connectivity index (χ0) is 15.2. The lowest BCUT2D eigenvalue weighted by molar-refractivity contribution is 0.251. The maximum atomic E-state index is 6.07. The van der Waals surface area contributed by atoms with Crippen LogP contribution in [0.3, 0.4) is 0 Å². The van der Waals surface area contributed by atoms with E-state index in [1.807, 2.05) is 12.1 Å². The topological polar surface area (TPSA) is 18.5 Å². The highest BCUT2D eigenvalue weighted by Crippen LogP contribution is 2.20. The van der Waals surface area contributed by atoms with Gasteiger partial charge in [-0.3, -0.25) is 4.90 Å². The van der Waals surface area contributed by atoms with Crippen LogP contribution in [0, 0.1) is 5.92 Å². The van der Waals surface area contributed by atoms with Gasteiger partial charge in [0.05, 0.1) is 0 Å². The number of benzene rings is 1. The number of halogens is 1. The molecule has 3 nitrogen and oxygen atoms in total. The molecule has 1 aromatic rings. The minimum absolute atomic E-state index is 0.595. The highest BCUT2D eigenvalue weighted by Gasteiger charge is 2.17. The average Bonchev–Trinajstić information content (AvgIpc) is 2.47. The summed E-state index contributed by atoms with van der Waals surface area (Å²) in [7, 11) is 0. The molecule has 1 aliphatic heterocycles. The summed E-state index contributed by atoms with van der Waals surface area (Å²) in [5.41, 5.74) is 1.24. The monoisotopic (exact) mass is 309 g/mol. The number of hydrogen-bond donors (Lipinski definition) is 1. The van der Waals surface area contributed by atoms with Crippen molar-refractivity contribution < 1.29 is 0 Å². The summed E-state index contributed by atoms with van der Waals surface area (Å²) in [4.78, 5) is 4.97. The van der Waals surface area contributed by atoms with Crippen LogP contribution in [0.1, 0.15) is 20.8 Å². The second kappa shape index (κ2) is 8.02. The Kier molecular flexibility index (Phi) is 6.34. The van der Waals surface area contributed by atoms with Gasteiger partial charge < -0.3 is 10.2 Å². The van der Waals surface area contributed by atoms with Crippen molar-refractivity contribution in [3.05, 3.63) is 29.3 Å². The van der Waals surface area contributed by atoms with Crippen LogP contribution in [0.5, 0.6) is 0 Å². The molecule has 2 rings (SSSR count). The number of anilines is 1.